The standard InChI is InChI=1S/C12H16N2O3/c1-8-5-6-9(13(8)2)11(15)14-7-3-4-10(14)12(16)17/h5-6,10H,3-4,7H2,1-2H3,(H,16,17). The third-order valence-corrected chi connectivity index (χ3v) is 3.39. The molecule has 17 heavy (non-hydrogen) atoms. The number of carbonyl (C=O) groups is 2. The smallest absolute Gasteiger partial charge is 0.326 e. The van der Waals surface area contributed by atoms with Gasteiger partial charge >= 0.3 is 5.97 Å². The van der Waals surface area contributed by atoms with E-state index in [0.717, 1.165) is 12.1 Å². The summed E-state index contributed by atoms with van der Waals surface area (Å²) in [5, 5.41) is 9.05. The van der Waals surface area contributed by atoms with Crippen LogP contribution in [0.15, 0.2) is 12.1 Å². The van der Waals surface area contributed by atoms with Crippen LogP contribution in [0.5, 0.6) is 0 Å². The van der Waals surface area contributed by atoms with E-state index in [2.05, 4.69) is 0 Å². The first kappa shape index (κ1) is 11.7. The Bertz CT molecular complexity index is 464. The number of hydrogen-bond donors (Lipinski definition) is 1. The van der Waals surface area contributed by atoms with Gasteiger partial charge in [0.15, 0.2) is 0 Å². The third-order valence-electron chi connectivity index (χ3n) is 3.39. The Balaban J connectivity index is 2.26. The lowest BCUT2D eigenvalue weighted by atomic mass is 10.2. The summed E-state index contributed by atoms with van der Waals surface area (Å²) in [6.45, 7) is 2.44. The highest BCUT2D eigenvalue weighted by Crippen LogP contribution is 2.20. The van der Waals surface area contributed by atoms with E-state index in [1.165, 1.54) is 4.90 Å². The van der Waals surface area contributed by atoms with Crippen LogP contribution in [0.25, 0.3) is 0 Å². The van der Waals surface area contributed by atoms with Gasteiger partial charge in [-0.25, -0.2) is 4.79 Å². The molecule has 1 N–H and O–H groups in total. The van der Waals surface area contributed by atoms with Crippen molar-refractivity contribution in [1.82, 2.24) is 9.47 Å². The summed E-state index contributed by atoms with van der Waals surface area (Å²) in [5.74, 6) is -1.10. The maximum Gasteiger partial charge on any atom is 0.326 e. The number of aromatic nitrogens is 1. The van der Waals surface area contributed by atoms with Crippen molar-refractivity contribution in [3.8, 4) is 0 Å². The second-order valence-corrected chi connectivity index (χ2v) is 4.41. The van der Waals surface area contributed by atoms with E-state index >= 15 is 0 Å². The molecular weight excluding hydrogens is 220 g/mol. The van der Waals surface area contributed by atoms with Gasteiger partial charge in [-0.15, -0.1) is 0 Å². The summed E-state index contributed by atoms with van der Waals surface area (Å²) in [5.41, 5.74) is 1.54. The highest BCUT2D eigenvalue weighted by molar-refractivity contribution is 5.95. The number of nitrogens with zero attached hydrogens (tertiary/aromatic N) is 2. The number of likely N-dealkylation sites (tertiary alicyclic amines) is 1. The molecule has 0 aliphatic carbocycles. The Morgan fingerprint density at radius 2 is 2.12 bits per heavy atom. The van der Waals surface area contributed by atoms with E-state index in [9.17, 15) is 9.59 Å². The van der Waals surface area contributed by atoms with Crippen LogP contribution in [-0.2, 0) is 11.8 Å². The zero-order chi connectivity index (χ0) is 12.6. The SMILES string of the molecule is Cc1ccc(C(=O)N2CCCC2C(=O)O)n1C. The fraction of sp³-hybridized carbons (Fsp3) is 0.500. The predicted molar refractivity (Wildman–Crippen MR) is 61.8 cm³/mol. The van der Waals surface area contributed by atoms with Crippen molar-refractivity contribution in [2.45, 2.75) is 25.8 Å². The van der Waals surface area contributed by atoms with E-state index in [1.54, 1.807) is 10.6 Å². The van der Waals surface area contributed by atoms with Crippen molar-refractivity contribution in [2.75, 3.05) is 6.54 Å². The molecule has 1 amide bonds. The van der Waals surface area contributed by atoms with E-state index in [0.29, 0.717) is 18.7 Å². The number of carbonyl (C=O) groups excluding carboxylic acids is 1. The number of carboxylic acids is 1. The summed E-state index contributed by atoms with van der Waals surface area (Å²) in [6, 6.07) is 2.94. The van der Waals surface area contributed by atoms with Crippen molar-refractivity contribution in [2.24, 2.45) is 7.05 Å². The highest BCUT2D eigenvalue weighted by atomic mass is 16.4. The van der Waals surface area contributed by atoms with Gasteiger partial charge in [-0.3, -0.25) is 4.79 Å². The van der Waals surface area contributed by atoms with Crippen molar-refractivity contribution in [3.63, 3.8) is 0 Å². The first-order valence-electron chi connectivity index (χ1n) is 5.68. The molecule has 0 bridgehead atoms. The van der Waals surface area contributed by atoms with Crippen molar-refractivity contribution in [1.29, 1.82) is 0 Å². The Labute approximate surface area is 99.6 Å². The van der Waals surface area contributed by atoms with Crippen molar-refractivity contribution >= 4 is 11.9 Å². The van der Waals surface area contributed by atoms with E-state index in [1.807, 2.05) is 20.0 Å². The normalized spacial score (nSPS) is 19.6. The molecule has 1 fully saturated rings. The first-order chi connectivity index (χ1) is 8.02. The van der Waals surface area contributed by atoms with Crippen LogP contribution in [0.1, 0.15) is 29.0 Å². The fourth-order valence-electron chi connectivity index (χ4n) is 2.24. The fourth-order valence-corrected chi connectivity index (χ4v) is 2.24. The average molecular weight is 236 g/mol. The Morgan fingerprint density at radius 3 is 2.65 bits per heavy atom. The predicted octanol–water partition coefficient (Wildman–Crippen LogP) is 1.02. The molecule has 0 saturated carbocycles. The Kier molecular flexibility index (Phi) is 2.92. The van der Waals surface area contributed by atoms with Crippen LogP contribution >= 0.6 is 0 Å². The quantitative estimate of drug-likeness (QED) is 0.834. The van der Waals surface area contributed by atoms with Gasteiger partial charge in [-0.2, -0.15) is 0 Å². The molecule has 0 spiro atoms. The number of aliphatic carboxylic acids is 1. The summed E-state index contributed by atoms with van der Waals surface area (Å²) in [6.07, 6.45) is 1.30. The molecule has 1 aromatic rings. The first-order valence-corrected chi connectivity index (χ1v) is 5.68. The second-order valence-electron chi connectivity index (χ2n) is 4.41. The molecule has 1 aromatic heterocycles. The van der Waals surface area contributed by atoms with Gasteiger partial charge in [0.05, 0.1) is 0 Å². The molecule has 1 saturated heterocycles. The largest absolute Gasteiger partial charge is 0.480 e. The highest BCUT2D eigenvalue weighted by Gasteiger charge is 2.35. The molecule has 92 valence electrons. The summed E-state index contributed by atoms with van der Waals surface area (Å²) < 4.78 is 1.79. The third kappa shape index (κ3) is 1.92. The minimum Gasteiger partial charge on any atom is -0.480 e. The zero-order valence-corrected chi connectivity index (χ0v) is 10.0. The van der Waals surface area contributed by atoms with Crippen LogP contribution in [0.4, 0.5) is 0 Å². The van der Waals surface area contributed by atoms with E-state index in [-0.39, 0.29) is 5.91 Å². The monoisotopic (exact) mass is 236 g/mol. The molecule has 1 unspecified atom stereocenters. The number of rotatable bonds is 2. The molecule has 1 atom stereocenters. The minimum atomic E-state index is -0.915. The lowest BCUT2D eigenvalue weighted by Crippen LogP contribution is -2.41. The molecule has 0 aromatic carbocycles. The summed E-state index contributed by atoms with van der Waals surface area (Å²) >= 11 is 0. The van der Waals surface area contributed by atoms with Crippen molar-refractivity contribution < 1.29 is 14.7 Å². The Morgan fingerprint density at radius 1 is 1.41 bits per heavy atom. The molecule has 2 rings (SSSR count). The van der Waals surface area contributed by atoms with E-state index in [4.69, 9.17) is 5.11 Å². The molecule has 2 heterocycles. The van der Waals surface area contributed by atoms with Crippen LogP contribution < -0.4 is 0 Å². The van der Waals surface area contributed by atoms with Crippen LogP contribution in [-0.4, -0.2) is 39.0 Å². The van der Waals surface area contributed by atoms with Gasteiger partial charge in [-0.05, 0) is 31.9 Å². The van der Waals surface area contributed by atoms with Crippen LogP contribution in [0, 0.1) is 6.92 Å². The van der Waals surface area contributed by atoms with Gasteiger partial charge in [0, 0.05) is 19.3 Å². The van der Waals surface area contributed by atoms with Gasteiger partial charge in [-0.1, -0.05) is 0 Å². The van der Waals surface area contributed by atoms with Crippen molar-refractivity contribution in [3.05, 3.63) is 23.5 Å². The molecule has 0 radical (unpaired) electrons. The maximum absolute atomic E-state index is 12.2. The summed E-state index contributed by atoms with van der Waals surface area (Å²) in [4.78, 5) is 24.7. The maximum atomic E-state index is 12.2. The lowest BCUT2D eigenvalue weighted by Gasteiger charge is -2.21. The van der Waals surface area contributed by atoms with Gasteiger partial charge in [0.1, 0.15) is 11.7 Å². The summed E-state index contributed by atoms with van der Waals surface area (Å²) in [7, 11) is 1.81. The lowest BCUT2D eigenvalue weighted by molar-refractivity contribution is -0.141. The van der Waals surface area contributed by atoms with Gasteiger partial charge in [0.25, 0.3) is 5.91 Å². The minimum absolute atomic E-state index is 0.189. The topological polar surface area (TPSA) is 62.5 Å². The van der Waals surface area contributed by atoms with Gasteiger partial charge < -0.3 is 14.6 Å². The van der Waals surface area contributed by atoms with E-state index < -0.39 is 12.0 Å². The number of hydrogen-bond acceptors (Lipinski definition) is 2. The molecule has 5 nitrogen and oxygen atoms in total. The van der Waals surface area contributed by atoms with Crippen LogP contribution in [0.3, 0.4) is 0 Å². The molecule has 1 aliphatic heterocycles. The molecule has 5 heteroatoms. The number of aryl methyl sites for hydroxylation is 1. The zero-order valence-electron chi connectivity index (χ0n) is 10.0. The molecule has 1 aliphatic rings. The average Bonchev–Trinajstić information content (AvgIpc) is 2.87. The second kappa shape index (κ2) is 4.24. The van der Waals surface area contributed by atoms with Crippen LogP contribution in [0.2, 0.25) is 0 Å². The number of carboxylic acid groups (broad SMARTS) is 1. The number of amides is 1. The Hall–Kier alpha value is -1.78. The molecular formula is C12H16N2O3. The van der Waals surface area contributed by atoms with Gasteiger partial charge in [0.2, 0.25) is 0 Å².